The van der Waals surface area contributed by atoms with Crippen molar-refractivity contribution in [2.24, 2.45) is 10.8 Å². The summed E-state index contributed by atoms with van der Waals surface area (Å²) in [4.78, 5) is 72.0. The van der Waals surface area contributed by atoms with E-state index in [9.17, 15) is 28.8 Å². The number of hydrogen-bond donors (Lipinski definition) is 0. The Bertz CT molecular complexity index is 758. The standard InChI is InChI=1S/C24H34O10/c1-7-19(27)32-14-23(9-3,15-33-20(28)8-2)16-34-21(29)11-12-24(17(5)25,18(6)26)13-22(30)31-10-4/h7-8H,1-2,9-16H2,3-6H3. The van der Waals surface area contributed by atoms with E-state index in [4.69, 9.17) is 18.9 Å². The van der Waals surface area contributed by atoms with Gasteiger partial charge in [0, 0.05) is 18.6 Å². The van der Waals surface area contributed by atoms with Gasteiger partial charge in [-0.25, -0.2) is 9.59 Å². The van der Waals surface area contributed by atoms with Gasteiger partial charge in [-0.1, -0.05) is 20.1 Å². The highest BCUT2D eigenvalue weighted by molar-refractivity contribution is 6.07. The number of ether oxygens (including phenoxy) is 4. The summed E-state index contributed by atoms with van der Waals surface area (Å²) in [5.74, 6) is -4.00. The number of rotatable bonds is 17. The topological polar surface area (TPSA) is 139 Å². The van der Waals surface area contributed by atoms with Gasteiger partial charge in [-0.05, 0) is 33.6 Å². The SMILES string of the molecule is C=CC(=O)OCC(CC)(COC(=O)C=C)COC(=O)CCC(CC(=O)OCC)(C(C)=O)C(C)=O. The molecule has 0 aliphatic heterocycles. The summed E-state index contributed by atoms with van der Waals surface area (Å²) in [6, 6.07) is 0. The van der Waals surface area contributed by atoms with Crippen molar-refractivity contribution in [2.45, 2.75) is 53.4 Å². The Morgan fingerprint density at radius 1 is 0.735 bits per heavy atom. The molecule has 10 nitrogen and oxygen atoms in total. The first kappa shape index (κ1) is 30.7. The molecule has 0 N–H and O–H groups in total. The van der Waals surface area contributed by atoms with Crippen LogP contribution in [0.15, 0.2) is 25.3 Å². The van der Waals surface area contributed by atoms with Gasteiger partial charge in [0.15, 0.2) is 0 Å². The molecule has 0 saturated heterocycles. The maximum Gasteiger partial charge on any atom is 0.330 e. The minimum absolute atomic E-state index is 0.0821. The van der Waals surface area contributed by atoms with Crippen LogP contribution in [0.2, 0.25) is 0 Å². The van der Waals surface area contributed by atoms with E-state index in [0.717, 1.165) is 12.2 Å². The average Bonchev–Trinajstić information content (AvgIpc) is 2.80. The summed E-state index contributed by atoms with van der Waals surface area (Å²) in [7, 11) is 0. The lowest BCUT2D eigenvalue weighted by atomic mass is 9.73. The van der Waals surface area contributed by atoms with E-state index in [1.165, 1.54) is 13.8 Å². The Morgan fingerprint density at radius 3 is 1.59 bits per heavy atom. The molecule has 0 fully saturated rings. The van der Waals surface area contributed by atoms with Gasteiger partial charge in [-0.3, -0.25) is 19.2 Å². The molecule has 34 heavy (non-hydrogen) atoms. The highest BCUT2D eigenvalue weighted by atomic mass is 16.6. The first-order valence-electron chi connectivity index (χ1n) is 10.8. The first-order valence-corrected chi connectivity index (χ1v) is 10.8. The fourth-order valence-corrected chi connectivity index (χ4v) is 3.01. The van der Waals surface area contributed by atoms with Crippen LogP contribution in [0.1, 0.15) is 53.4 Å². The number of hydrogen-bond acceptors (Lipinski definition) is 10. The van der Waals surface area contributed by atoms with Crippen molar-refractivity contribution >= 4 is 35.4 Å². The third-order valence-electron chi connectivity index (χ3n) is 5.52. The summed E-state index contributed by atoms with van der Waals surface area (Å²) in [5.41, 5.74) is -2.75. The monoisotopic (exact) mass is 482 g/mol. The number of esters is 4. The quantitative estimate of drug-likeness (QED) is 0.131. The van der Waals surface area contributed by atoms with Gasteiger partial charge in [0.05, 0.1) is 23.9 Å². The molecule has 190 valence electrons. The molecule has 0 saturated carbocycles. The molecule has 0 radical (unpaired) electrons. The first-order chi connectivity index (χ1) is 15.9. The second kappa shape index (κ2) is 14.8. The molecule has 0 unspecified atom stereocenters. The molecule has 0 spiro atoms. The van der Waals surface area contributed by atoms with Crippen LogP contribution in [0.25, 0.3) is 0 Å². The van der Waals surface area contributed by atoms with E-state index in [2.05, 4.69) is 13.2 Å². The van der Waals surface area contributed by atoms with Crippen molar-refractivity contribution in [3.63, 3.8) is 0 Å². The third kappa shape index (κ3) is 9.68. The van der Waals surface area contributed by atoms with Crippen LogP contribution in [0, 0.1) is 10.8 Å². The molecule has 0 bridgehead atoms. The van der Waals surface area contributed by atoms with Crippen LogP contribution in [0.3, 0.4) is 0 Å². The van der Waals surface area contributed by atoms with Crippen LogP contribution in [0.4, 0.5) is 0 Å². The van der Waals surface area contributed by atoms with Gasteiger partial charge in [0.25, 0.3) is 0 Å². The molecule has 0 aromatic heterocycles. The van der Waals surface area contributed by atoms with Gasteiger partial charge >= 0.3 is 23.9 Å². The minimum atomic E-state index is -1.70. The summed E-state index contributed by atoms with van der Waals surface area (Å²) < 4.78 is 20.4. The molecule has 0 atom stereocenters. The maximum absolute atomic E-state index is 12.5. The molecular formula is C24H34O10. The van der Waals surface area contributed by atoms with Crippen molar-refractivity contribution in [1.29, 1.82) is 0 Å². The van der Waals surface area contributed by atoms with Gasteiger partial charge in [0.2, 0.25) is 0 Å². The Labute approximate surface area is 199 Å². The normalized spacial score (nSPS) is 11.1. The maximum atomic E-state index is 12.5. The Morgan fingerprint density at radius 2 is 1.21 bits per heavy atom. The van der Waals surface area contributed by atoms with Crippen molar-refractivity contribution in [1.82, 2.24) is 0 Å². The van der Waals surface area contributed by atoms with Crippen LogP contribution in [0.5, 0.6) is 0 Å². The fourth-order valence-electron chi connectivity index (χ4n) is 3.01. The second-order valence-corrected chi connectivity index (χ2v) is 7.81. The molecule has 0 amide bonds. The summed E-state index contributed by atoms with van der Waals surface area (Å²) in [6.07, 6.45) is 1.18. The van der Waals surface area contributed by atoms with Crippen LogP contribution >= 0.6 is 0 Å². The molecule has 0 aromatic rings. The Balaban J connectivity index is 5.41. The van der Waals surface area contributed by atoms with Crippen LogP contribution < -0.4 is 0 Å². The lowest BCUT2D eigenvalue weighted by Gasteiger charge is -2.31. The van der Waals surface area contributed by atoms with E-state index in [1.807, 2.05) is 0 Å². The second-order valence-electron chi connectivity index (χ2n) is 7.81. The fraction of sp³-hybridized carbons (Fsp3) is 0.583. The van der Waals surface area contributed by atoms with E-state index in [1.54, 1.807) is 13.8 Å². The molecule has 0 rings (SSSR count). The number of carbonyl (C=O) groups is 6. The van der Waals surface area contributed by atoms with Gasteiger partial charge in [-0.15, -0.1) is 0 Å². The highest BCUT2D eigenvalue weighted by Gasteiger charge is 2.43. The van der Waals surface area contributed by atoms with Gasteiger partial charge in [-0.2, -0.15) is 0 Å². The van der Waals surface area contributed by atoms with Gasteiger partial charge in [0.1, 0.15) is 31.4 Å². The van der Waals surface area contributed by atoms with E-state index < -0.39 is 52.7 Å². The molecule has 0 heterocycles. The van der Waals surface area contributed by atoms with Gasteiger partial charge < -0.3 is 18.9 Å². The smallest absolute Gasteiger partial charge is 0.330 e. The summed E-state index contributed by atoms with van der Waals surface area (Å²) in [5, 5.41) is 0. The average molecular weight is 483 g/mol. The molecular weight excluding hydrogens is 448 g/mol. The lowest BCUT2D eigenvalue weighted by Crippen LogP contribution is -2.41. The van der Waals surface area contributed by atoms with Crippen molar-refractivity contribution in [3.05, 3.63) is 25.3 Å². The molecule has 0 aromatic carbocycles. The van der Waals surface area contributed by atoms with Crippen LogP contribution in [-0.2, 0) is 47.7 Å². The van der Waals surface area contributed by atoms with Crippen molar-refractivity contribution < 1.29 is 47.7 Å². The largest absolute Gasteiger partial charge is 0.466 e. The van der Waals surface area contributed by atoms with Crippen LogP contribution in [-0.4, -0.2) is 61.9 Å². The lowest BCUT2D eigenvalue weighted by molar-refractivity contribution is -0.160. The zero-order chi connectivity index (χ0) is 26.4. The third-order valence-corrected chi connectivity index (χ3v) is 5.52. The Kier molecular flexibility index (Phi) is 13.3. The van der Waals surface area contributed by atoms with E-state index in [-0.39, 0.29) is 39.3 Å². The van der Waals surface area contributed by atoms with E-state index >= 15 is 0 Å². The number of carbonyl (C=O) groups excluding carboxylic acids is 6. The molecule has 0 aliphatic carbocycles. The molecule has 10 heteroatoms. The predicted octanol–water partition coefficient (Wildman–Crippen LogP) is 2.28. The van der Waals surface area contributed by atoms with Crippen molar-refractivity contribution in [2.75, 3.05) is 26.4 Å². The molecule has 0 aliphatic rings. The number of Topliss-reactive ketones (excluding diaryl/α,β-unsaturated/α-hetero) is 2. The Hall–Kier alpha value is -3.30. The van der Waals surface area contributed by atoms with E-state index in [0.29, 0.717) is 6.42 Å². The van der Waals surface area contributed by atoms with Crippen molar-refractivity contribution in [3.8, 4) is 0 Å². The minimum Gasteiger partial charge on any atom is -0.466 e. The zero-order valence-corrected chi connectivity index (χ0v) is 20.3. The number of ketones is 2. The summed E-state index contributed by atoms with van der Waals surface area (Å²) in [6.45, 7) is 11.7. The summed E-state index contributed by atoms with van der Waals surface area (Å²) >= 11 is 0. The highest BCUT2D eigenvalue weighted by Crippen LogP contribution is 2.32. The predicted molar refractivity (Wildman–Crippen MR) is 120 cm³/mol. The zero-order valence-electron chi connectivity index (χ0n) is 20.3.